The number of nitrogens with one attached hydrogen (secondary N) is 1. The van der Waals surface area contributed by atoms with Crippen molar-refractivity contribution >= 4 is 23.1 Å². The second-order valence-corrected chi connectivity index (χ2v) is 4.34. The van der Waals surface area contributed by atoms with Crippen LogP contribution in [0.5, 0.6) is 0 Å². The van der Waals surface area contributed by atoms with Crippen molar-refractivity contribution in [1.82, 2.24) is 15.5 Å². The molecule has 0 aliphatic carbocycles. The van der Waals surface area contributed by atoms with Crippen LogP contribution in [0.4, 0.5) is 0 Å². The fourth-order valence-electron chi connectivity index (χ4n) is 0.905. The Balaban J connectivity index is 2.56. The lowest BCUT2D eigenvalue weighted by Gasteiger charge is -2.21. The predicted molar refractivity (Wildman–Crippen MR) is 61.4 cm³/mol. The molecule has 0 unspecified atom stereocenters. The number of amides is 1. The van der Waals surface area contributed by atoms with Gasteiger partial charge in [-0.3, -0.25) is 4.79 Å². The summed E-state index contributed by atoms with van der Waals surface area (Å²) in [6.45, 7) is 5.19. The Morgan fingerprint density at radius 2 is 2.25 bits per heavy atom. The third-order valence-electron chi connectivity index (χ3n) is 2.16. The van der Waals surface area contributed by atoms with Crippen LogP contribution in [0.25, 0.3) is 0 Å². The van der Waals surface area contributed by atoms with Gasteiger partial charge >= 0.3 is 0 Å². The molecular weight excluding hydrogens is 228 g/mol. The number of nitrogens with two attached hydrogens (primary N) is 1. The first-order valence-electron chi connectivity index (χ1n) is 4.71. The van der Waals surface area contributed by atoms with Gasteiger partial charge in [0.2, 0.25) is 11.8 Å². The molecular formula is C9H14N4O2S. The summed E-state index contributed by atoms with van der Waals surface area (Å²) in [6.07, 6.45) is 0. The van der Waals surface area contributed by atoms with Gasteiger partial charge in [-0.05, 0) is 13.8 Å². The van der Waals surface area contributed by atoms with Crippen molar-refractivity contribution in [2.45, 2.75) is 27.3 Å². The van der Waals surface area contributed by atoms with E-state index in [0.717, 1.165) is 0 Å². The van der Waals surface area contributed by atoms with Crippen LogP contribution in [0.2, 0.25) is 0 Å². The van der Waals surface area contributed by atoms with Crippen LogP contribution >= 0.6 is 12.2 Å². The van der Waals surface area contributed by atoms with E-state index in [1.807, 2.05) is 0 Å². The molecule has 6 nitrogen and oxygen atoms in total. The van der Waals surface area contributed by atoms with Gasteiger partial charge in [0, 0.05) is 6.92 Å². The molecule has 0 atom stereocenters. The van der Waals surface area contributed by atoms with Gasteiger partial charge in [0.1, 0.15) is 0 Å². The van der Waals surface area contributed by atoms with E-state index in [1.54, 1.807) is 20.8 Å². The van der Waals surface area contributed by atoms with Crippen LogP contribution in [0.3, 0.4) is 0 Å². The minimum Gasteiger partial charge on any atom is -0.392 e. The Kier molecular flexibility index (Phi) is 3.58. The van der Waals surface area contributed by atoms with Crippen molar-refractivity contribution in [3.63, 3.8) is 0 Å². The SMILES string of the molecule is Cc1nc(CNC(=O)C(C)(C)C(N)=S)no1. The number of nitrogens with zero attached hydrogens (tertiary/aromatic N) is 2. The van der Waals surface area contributed by atoms with Gasteiger partial charge < -0.3 is 15.6 Å². The van der Waals surface area contributed by atoms with E-state index >= 15 is 0 Å². The molecule has 0 saturated carbocycles. The lowest BCUT2D eigenvalue weighted by molar-refractivity contribution is -0.126. The van der Waals surface area contributed by atoms with E-state index in [1.165, 1.54) is 0 Å². The Labute approximate surface area is 98.6 Å². The van der Waals surface area contributed by atoms with E-state index in [0.29, 0.717) is 11.7 Å². The number of thiocarbonyl (C=S) groups is 1. The van der Waals surface area contributed by atoms with Gasteiger partial charge in [0.05, 0.1) is 16.9 Å². The first-order chi connectivity index (χ1) is 7.34. The van der Waals surface area contributed by atoms with Crippen LogP contribution < -0.4 is 11.1 Å². The predicted octanol–water partition coefficient (Wildman–Crippen LogP) is 0.307. The summed E-state index contributed by atoms with van der Waals surface area (Å²) in [5, 5.41) is 6.29. The number of hydrogen-bond acceptors (Lipinski definition) is 5. The summed E-state index contributed by atoms with van der Waals surface area (Å²) >= 11 is 4.81. The molecule has 1 aromatic rings. The lowest BCUT2D eigenvalue weighted by Crippen LogP contribution is -2.44. The zero-order valence-corrected chi connectivity index (χ0v) is 10.2. The molecule has 0 spiro atoms. The Bertz CT molecular complexity index is 413. The first kappa shape index (κ1) is 12.6. The van der Waals surface area contributed by atoms with Crippen molar-refractivity contribution in [3.8, 4) is 0 Å². The standard InChI is InChI=1S/C9H14N4O2S/c1-5-12-6(13-15-5)4-11-8(14)9(2,3)7(10)16/h4H2,1-3H3,(H2,10,16)(H,11,14). The first-order valence-corrected chi connectivity index (χ1v) is 5.12. The highest BCUT2D eigenvalue weighted by molar-refractivity contribution is 7.80. The van der Waals surface area contributed by atoms with Crippen molar-refractivity contribution < 1.29 is 9.32 Å². The fraction of sp³-hybridized carbons (Fsp3) is 0.556. The summed E-state index contributed by atoms with van der Waals surface area (Å²) < 4.78 is 4.77. The van der Waals surface area contributed by atoms with E-state index < -0.39 is 5.41 Å². The summed E-state index contributed by atoms with van der Waals surface area (Å²) in [6, 6.07) is 0. The van der Waals surface area contributed by atoms with Crippen LogP contribution in [-0.4, -0.2) is 21.0 Å². The highest BCUT2D eigenvalue weighted by Crippen LogP contribution is 2.15. The third kappa shape index (κ3) is 2.75. The second-order valence-electron chi connectivity index (χ2n) is 3.90. The molecule has 1 amide bonds. The lowest BCUT2D eigenvalue weighted by atomic mass is 9.92. The van der Waals surface area contributed by atoms with Gasteiger partial charge in [-0.2, -0.15) is 4.98 Å². The highest BCUT2D eigenvalue weighted by Gasteiger charge is 2.30. The molecule has 0 radical (unpaired) electrons. The average molecular weight is 242 g/mol. The average Bonchev–Trinajstić information content (AvgIpc) is 2.60. The minimum atomic E-state index is -0.881. The van der Waals surface area contributed by atoms with Gasteiger partial charge in [0.15, 0.2) is 5.82 Å². The molecule has 0 aliphatic heterocycles. The molecule has 0 saturated heterocycles. The second kappa shape index (κ2) is 4.56. The van der Waals surface area contributed by atoms with Crippen LogP contribution in [0, 0.1) is 12.3 Å². The number of rotatable bonds is 4. The third-order valence-corrected chi connectivity index (χ3v) is 2.67. The topological polar surface area (TPSA) is 94.0 Å². The molecule has 0 aromatic carbocycles. The van der Waals surface area contributed by atoms with Crippen molar-refractivity contribution in [2.24, 2.45) is 11.1 Å². The van der Waals surface area contributed by atoms with Crippen molar-refractivity contribution in [1.29, 1.82) is 0 Å². The van der Waals surface area contributed by atoms with Crippen LogP contribution in [0.15, 0.2) is 4.52 Å². The van der Waals surface area contributed by atoms with Crippen LogP contribution in [-0.2, 0) is 11.3 Å². The van der Waals surface area contributed by atoms with Gasteiger partial charge in [-0.1, -0.05) is 17.4 Å². The van der Waals surface area contributed by atoms with E-state index in [2.05, 4.69) is 15.5 Å². The number of aryl methyl sites for hydroxylation is 1. The van der Waals surface area contributed by atoms with Crippen LogP contribution in [0.1, 0.15) is 25.6 Å². The Morgan fingerprint density at radius 1 is 1.62 bits per heavy atom. The Hall–Kier alpha value is -1.50. The smallest absolute Gasteiger partial charge is 0.232 e. The van der Waals surface area contributed by atoms with Gasteiger partial charge in [0.25, 0.3) is 0 Å². The number of hydrogen-bond donors (Lipinski definition) is 2. The van der Waals surface area contributed by atoms with Gasteiger partial charge in [-0.15, -0.1) is 0 Å². The van der Waals surface area contributed by atoms with Crippen molar-refractivity contribution in [3.05, 3.63) is 11.7 Å². The zero-order chi connectivity index (χ0) is 12.3. The molecule has 3 N–H and O–H groups in total. The quantitative estimate of drug-likeness (QED) is 0.738. The molecule has 0 bridgehead atoms. The molecule has 7 heteroatoms. The molecule has 88 valence electrons. The monoisotopic (exact) mass is 242 g/mol. The fourth-order valence-corrected chi connectivity index (χ4v) is 0.998. The molecule has 1 rings (SSSR count). The largest absolute Gasteiger partial charge is 0.392 e. The maximum absolute atomic E-state index is 11.7. The Morgan fingerprint density at radius 3 is 2.69 bits per heavy atom. The van der Waals surface area contributed by atoms with Crippen molar-refractivity contribution in [2.75, 3.05) is 0 Å². The molecule has 1 heterocycles. The van der Waals surface area contributed by atoms with E-state index in [4.69, 9.17) is 22.5 Å². The summed E-state index contributed by atoms with van der Waals surface area (Å²) in [7, 11) is 0. The van der Waals surface area contributed by atoms with Gasteiger partial charge in [-0.25, -0.2) is 0 Å². The molecule has 0 aliphatic rings. The molecule has 0 fully saturated rings. The summed E-state index contributed by atoms with van der Waals surface area (Å²) in [5.74, 6) is 0.616. The zero-order valence-electron chi connectivity index (χ0n) is 9.40. The summed E-state index contributed by atoms with van der Waals surface area (Å²) in [4.78, 5) is 15.8. The number of carbonyl (C=O) groups excluding carboxylic acids is 1. The highest BCUT2D eigenvalue weighted by atomic mass is 32.1. The summed E-state index contributed by atoms with van der Waals surface area (Å²) in [5.41, 5.74) is 4.58. The maximum Gasteiger partial charge on any atom is 0.232 e. The van der Waals surface area contributed by atoms with E-state index in [9.17, 15) is 4.79 Å². The number of aromatic nitrogens is 2. The maximum atomic E-state index is 11.7. The minimum absolute atomic E-state index is 0.147. The molecule has 1 aromatic heterocycles. The normalized spacial score (nSPS) is 11.2. The number of carbonyl (C=O) groups is 1. The molecule has 16 heavy (non-hydrogen) atoms. The van der Waals surface area contributed by atoms with E-state index in [-0.39, 0.29) is 17.4 Å².